The molecule has 1 saturated heterocycles. The summed E-state index contributed by atoms with van der Waals surface area (Å²) in [6, 6.07) is 8.69. The number of carbonyl (C=O) groups excluding carboxylic acids is 1. The third kappa shape index (κ3) is 2.56. The van der Waals surface area contributed by atoms with Crippen molar-refractivity contribution < 1.29 is 4.79 Å². The molecule has 2 atom stereocenters. The standard InChI is InChI=1S/C15H22N2O/c1-11-5-7-13(8-6-11)15-12(2)4-3-9-17(15)14(18)10-16/h5-8,12,15H,3-4,9-10,16H2,1-2H3/t12-,15+/m1/s1. The summed E-state index contributed by atoms with van der Waals surface area (Å²) < 4.78 is 0. The van der Waals surface area contributed by atoms with Crippen molar-refractivity contribution >= 4 is 5.91 Å². The number of hydrogen-bond acceptors (Lipinski definition) is 2. The molecular weight excluding hydrogens is 224 g/mol. The summed E-state index contributed by atoms with van der Waals surface area (Å²) in [5.74, 6) is 0.559. The zero-order valence-corrected chi connectivity index (χ0v) is 11.2. The van der Waals surface area contributed by atoms with Crippen molar-refractivity contribution in [1.29, 1.82) is 0 Å². The molecule has 0 aliphatic carbocycles. The van der Waals surface area contributed by atoms with Crippen LogP contribution in [0.4, 0.5) is 0 Å². The minimum atomic E-state index is 0.0622. The molecule has 3 nitrogen and oxygen atoms in total. The van der Waals surface area contributed by atoms with Crippen LogP contribution in [0.25, 0.3) is 0 Å². The molecule has 1 aromatic rings. The van der Waals surface area contributed by atoms with E-state index in [9.17, 15) is 4.79 Å². The smallest absolute Gasteiger partial charge is 0.236 e. The molecule has 98 valence electrons. The van der Waals surface area contributed by atoms with E-state index in [-0.39, 0.29) is 18.5 Å². The molecule has 18 heavy (non-hydrogen) atoms. The Bertz CT molecular complexity index is 413. The van der Waals surface area contributed by atoms with E-state index < -0.39 is 0 Å². The number of piperidine rings is 1. The van der Waals surface area contributed by atoms with Gasteiger partial charge in [-0.25, -0.2) is 0 Å². The van der Waals surface area contributed by atoms with Crippen LogP contribution < -0.4 is 5.73 Å². The summed E-state index contributed by atoms with van der Waals surface area (Å²) >= 11 is 0. The number of hydrogen-bond donors (Lipinski definition) is 1. The highest BCUT2D eigenvalue weighted by atomic mass is 16.2. The lowest BCUT2D eigenvalue weighted by Crippen LogP contribution is -2.44. The number of nitrogens with two attached hydrogens (primary N) is 1. The maximum absolute atomic E-state index is 12.0. The van der Waals surface area contributed by atoms with Crippen LogP contribution in [0.1, 0.15) is 36.9 Å². The number of likely N-dealkylation sites (tertiary alicyclic amines) is 1. The van der Waals surface area contributed by atoms with Crippen molar-refractivity contribution in [3.05, 3.63) is 35.4 Å². The van der Waals surface area contributed by atoms with Crippen molar-refractivity contribution in [2.45, 2.75) is 32.7 Å². The summed E-state index contributed by atoms with van der Waals surface area (Å²) in [7, 11) is 0. The molecule has 1 fully saturated rings. The Morgan fingerprint density at radius 1 is 1.39 bits per heavy atom. The van der Waals surface area contributed by atoms with Crippen LogP contribution in [0, 0.1) is 12.8 Å². The second-order valence-corrected chi connectivity index (χ2v) is 5.27. The van der Waals surface area contributed by atoms with Gasteiger partial charge in [0, 0.05) is 6.54 Å². The van der Waals surface area contributed by atoms with Crippen molar-refractivity contribution in [2.24, 2.45) is 11.7 Å². The molecule has 0 unspecified atom stereocenters. The Kier molecular flexibility index (Phi) is 4.02. The van der Waals surface area contributed by atoms with Crippen LogP contribution in [-0.2, 0) is 4.79 Å². The monoisotopic (exact) mass is 246 g/mol. The third-order valence-corrected chi connectivity index (χ3v) is 3.85. The molecule has 1 heterocycles. The van der Waals surface area contributed by atoms with Gasteiger partial charge in [-0.2, -0.15) is 0 Å². The highest BCUT2D eigenvalue weighted by molar-refractivity contribution is 5.78. The number of rotatable bonds is 2. The lowest BCUT2D eigenvalue weighted by atomic mass is 9.85. The molecule has 1 amide bonds. The fourth-order valence-corrected chi connectivity index (χ4v) is 2.86. The SMILES string of the molecule is Cc1ccc([C@@H]2[C@H](C)CCCN2C(=O)CN)cc1. The predicted molar refractivity (Wildman–Crippen MR) is 73.1 cm³/mol. The topological polar surface area (TPSA) is 46.3 Å². The van der Waals surface area contributed by atoms with Gasteiger partial charge in [-0.05, 0) is 31.2 Å². The van der Waals surface area contributed by atoms with Gasteiger partial charge in [0.1, 0.15) is 0 Å². The molecule has 1 aliphatic heterocycles. The minimum Gasteiger partial charge on any atom is -0.334 e. The average molecular weight is 246 g/mol. The Hall–Kier alpha value is -1.35. The van der Waals surface area contributed by atoms with Gasteiger partial charge in [-0.15, -0.1) is 0 Å². The largest absolute Gasteiger partial charge is 0.334 e. The zero-order valence-electron chi connectivity index (χ0n) is 11.2. The number of aryl methyl sites for hydroxylation is 1. The summed E-state index contributed by atoms with van der Waals surface area (Å²) in [5, 5.41) is 0. The lowest BCUT2D eigenvalue weighted by molar-refractivity contribution is -0.135. The minimum absolute atomic E-state index is 0.0622. The lowest BCUT2D eigenvalue weighted by Gasteiger charge is -2.40. The Balaban J connectivity index is 2.29. The number of carbonyl (C=O) groups is 1. The van der Waals surface area contributed by atoms with Gasteiger partial charge in [-0.3, -0.25) is 4.79 Å². The van der Waals surface area contributed by atoms with Crippen LogP contribution in [0.5, 0.6) is 0 Å². The normalized spacial score (nSPS) is 24.1. The fraction of sp³-hybridized carbons (Fsp3) is 0.533. The number of amides is 1. The number of nitrogens with zero attached hydrogens (tertiary/aromatic N) is 1. The summed E-state index contributed by atoms with van der Waals surface area (Å²) in [5.41, 5.74) is 8.00. The van der Waals surface area contributed by atoms with Crippen LogP contribution >= 0.6 is 0 Å². The van der Waals surface area contributed by atoms with E-state index in [2.05, 4.69) is 38.1 Å². The van der Waals surface area contributed by atoms with Crippen molar-refractivity contribution in [1.82, 2.24) is 4.90 Å². The summed E-state index contributed by atoms with van der Waals surface area (Å²) in [6.45, 7) is 5.24. The van der Waals surface area contributed by atoms with Crippen molar-refractivity contribution in [3.63, 3.8) is 0 Å². The van der Waals surface area contributed by atoms with Gasteiger partial charge in [0.2, 0.25) is 5.91 Å². The van der Waals surface area contributed by atoms with Gasteiger partial charge in [0.15, 0.2) is 0 Å². The van der Waals surface area contributed by atoms with Crippen LogP contribution in [0.3, 0.4) is 0 Å². The first-order valence-corrected chi connectivity index (χ1v) is 6.69. The van der Waals surface area contributed by atoms with Crippen LogP contribution in [0.2, 0.25) is 0 Å². The molecular formula is C15H22N2O. The van der Waals surface area contributed by atoms with E-state index in [4.69, 9.17) is 5.73 Å². The average Bonchev–Trinajstić information content (AvgIpc) is 2.39. The van der Waals surface area contributed by atoms with E-state index in [0.717, 1.165) is 13.0 Å². The highest BCUT2D eigenvalue weighted by Crippen LogP contribution is 2.35. The Morgan fingerprint density at radius 2 is 2.06 bits per heavy atom. The molecule has 0 radical (unpaired) electrons. The molecule has 2 N–H and O–H groups in total. The van der Waals surface area contributed by atoms with Gasteiger partial charge in [-0.1, -0.05) is 36.8 Å². The van der Waals surface area contributed by atoms with E-state index in [1.165, 1.54) is 17.5 Å². The first kappa shape index (κ1) is 13.1. The molecule has 1 aliphatic rings. The molecule has 3 heteroatoms. The van der Waals surface area contributed by atoms with Gasteiger partial charge >= 0.3 is 0 Å². The maximum Gasteiger partial charge on any atom is 0.236 e. The van der Waals surface area contributed by atoms with Gasteiger partial charge in [0.05, 0.1) is 12.6 Å². The van der Waals surface area contributed by atoms with Gasteiger partial charge < -0.3 is 10.6 Å². The molecule has 2 rings (SSSR count). The second-order valence-electron chi connectivity index (χ2n) is 5.27. The molecule has 0 spiro atoms. The summed E-state index contributed by atoms with van der Waals surface area (Å²) in [6.07, 6.45) is 2.25. The Morgan fingerprint density at radius 3 is 2.67 bits per heavy atom. The highest BCUT2D eigenvalue weighted by Gasteiger charge is 2.32. The Labute approximate surface area is 109 Å². The molecule has 1 aromatic carbocycles. The third-order valence-electron chi connectivity index (χ3n) is 3.85. The first-order valence-electron chi connectivity index (χ1n) is 6.69. The molecule has 0 saturated carbocycles. The molecule has 0 aromatic heterocycles. The predicted octanol–water partition coefficient (Wildman–Crippen LogP) is 2.25. The van der Waals surface area contributed by atoms with Gasteiger partial charge in [0.25, 0.3) is 0 Å². The van der Waals surface area contributed by atoms with E-state index >= 15 is 0 Å². The van der Waals surface area contributed by atoms with Crippen LogP contribution in [-0.4, -0.2) is 23.9 Å². The van der Waals surface area contributed by atoms with Crippen molar-refractivity contribution in [2.75, 3.05) is 13.1 Å². The van der Waals surface area contributed by atoms with Crippen LogP contribution in [0.15, 0.2) is 24.3 Å². The maximum atomic E-state index is 12.0. The fourth-order valence-electron chi connectivity index (χ4n) is 2.86. The van der Waals surface area contributed by atoms with E-state index in [1.54, 1.807) is 0 Å². The zero-order chi connectivity index (χ0) is 13.1. The van der Waals surface area contributed by atoms with E-state index in [0.29, 0.717) is 5.92 Å². The van der Waals surface area contributed by atoms with E-state index in [1.807, 2.05) is 4.90 Å². The quantitative estimate of drug-likeness (QED) is 0.870. The van der Waals surface area contributed by atoms with Crippen molar-refractivity contribution in [3.8, 4) is 0 Å². The number of benzene rings is 1. The first-order chi connectivity index (χ1) is 8.63. The molecule has 0 bridgehead atoms. The second kappa shape index (κ2) is 5.53. The summed E-state index contributed by atoms with van der Waals surface area (Å²) in [4.78, 5) is 13.9.